The normalized spacial score (nSPS) is 12.4. The zero-order valence-corrected chi connectivity index (χ0v) is 10.5. The van der Waals surface area contributed by atoms with Crippen LogP contribution >= 0.6 is 11.8 Å². The molecule has 17 heavy (non-hydrogen) atoms. The lowest BCUT2D eigenvalue weighted by molar-refractivity contribution is 0.178. The molecule has 1 aromatic carbocycles. The van der Waals surface area contributed by atoms with Crippen molar-refractivity contribution in [3.05, 3.63) is 59.9 Å². The third-order valence-electron chi connectivity index (χ3n) is 2.68. The van der Waals surface area contributed by atoms with Crippen LogP contribution in [0, 0.1) is 0 Å². The second kappa shape index (κ2) is 5.84. The van der Waals surface area contributed by atoms with Crippen molar-refractivity contribution in [3.8, 4) is 0 Å². The Bertz CT molecular complexity index is 455. The summed E-state index contributed by atoms with van der Waals surface area (Å²) in [6.07, 6.45) is 5.72. The molecule has 0 spiro atoms. The van der Waals surface area contributed by atoms with E-state index in [0.717, 1.165) is 11.1 Å². The van der Waals surface area contributed by atoms with Crippen LogP contribution in [0.4, 0.5) is 0 Å². The van der Waals surface area contributed by atoms with E-state index < -0.39 is 6.10 Å². The average Bonchev–Trinajstić information content (AvgIpc) is 2.40. The Kier molecular flexibility index (Phi) is 4.18. The van der Waals surface area contributed by atoms with Gasteiger partial charge in [0.1, 0.15) is 0 Å². The third-order valence-corrected chi connectivity index (χ3v) is 3.42. The van der Waals surface area contributed by atoms with Crippen molar-refractivity contribution >= 4 is 11.8 Å². The van der Waals surface area contributed by atoms with Crippen molar-refractivity contribution in [2.75, 3.05) is 6.26 Å². The van der Waals surface area contributed by atoms with Crippen LogP contribution in [0.3, 0.4) is 0 Å². The molecule has 1 unspecified atom stereocenters. The Morgan fingerprint density at radius 3 is 2.35 bits per heavy atom. The smallest absolute Gasteiger partial charge is 0.0830 e. The van der Waals surface area contributed by atoms with Crippen LogP contribution in [0.1, 0.15) is 17.2 Å². The van der Waals surface area contributed by atoms with E-state index >= 15 is 0 Å². The minimum Gasteiger partial charge on any atom is -0.388 e. The van der Waals surface area contributed by atoms with Gasteiger partial charge in [-0.3, -0.25) is 4.98 Å². The van der Waals surface area contributed by atoms with Crippen LogP contribution in [0.25, 0.3) is 0 Å². The maximum absolute atomic E-state index is 10.1. The van der Waals surface area contributed by atoms with E-state index in [9.17, 15) is 5.11 Å². The number of aromatic nitrogens is 1. The molecule has 0 fully saturated rings. The molecule has 0 aliphatic rings. The molecule has 88 valence electrons. The fraction of sp³-hybridized carbons (Fsp3) is 0.214. The molecule has 1 N–H and O–H groups in total. The van der Waals surface area contributed by atoms with Crippen LogP contribution in [-0.4, -0.2) is 16.3 Å². The maximum Gasteiger partial charge on any atom is 0.0830 e. The number of aliphatic hydroxyl groups is 1. The van der Waals surface area contributed by atoms with E-state index in [4.69, 9.17) is 0 Å². The van der Waals surface area contributed by atoms with Crippen molar-refractivity contribution in [1.82, 2.24) is 4.98 Å². The standard InChI is InChI=1S/C14H15NOS/c1-17-13-4-2-12(3-5-13)14(16)10-11-6-8-15-9-7-11/h2-9,14,16H,10H2,1H3. The summed E-state index contributed by atoms with van der Waals surface area (Å²) in [6.45, 7) is 0. The summed E-state index contributed by atoms with van der Waals surface area (Å²) in [4.78, 5) is 5.18. The summed E-state index contributed by atoms with van der Waals surface area (Å²) in [7, 11) is 0. The summed E-state index contributed by atoms with van der Waals surface area (Å²) < 4.78 is 0. The summed E-state index contributed by atoms with van der Waals surface area (Å²) >= 11 is 1.70. The largest absolute Gasteiger partial charge is 0.388 e. The Hall–Kier alpha value is -1.32. The van der Waals surface area contributed by atoms with Crippen molar-refractivity contribution in [2.24, 2.45) is 0 Å². The minimum absolute atomic E-state index is 0.451. The molecule has 2 rings (SSSR count). The van der Waals surface area contributed by atoms with Gasteiger partial charge in [0, 0.05) is 23.7 Å². The van der Waals surface area contributed by atoms with E-state index in [-0.39, 0.29) is 0 Å². The number of pyridine rings is 1. The first-order valence-electron chi connectivity index (χ1n) is 5.50. The minimum atomic E-state index is -0.451. The Morgan fingerprint density at radius 2 is 1.76 bits per heavy atom. The van der Waals surface area contributed by atoms with Gasteiger partial charge >= 0.3 is 0 Å². The molecule has 0 radical (unpaired) electrons. The maximum atomic E-state index is 10.1. The van der Waals surface area contributed by atoms with Gasteiger partial charge < -0.3 is 5.11 Å². The third kappa shape index (κ3) is 3.32. The quantitative estimate of drug-likeness (QED) is 0.840. The van der Waals surface area contributed by atoms with E-state index in [1.54, 1.807) is 24.2 Å². The zero-order chi connectivity index (χ0) is 12.1. The van der Waals surface area contributed by atoms with Crippen molar-refractivity contribution in [3.63, 3.8) is 0 Å². The van der Waals surface area contributed by atoms with Crippen molar-refractivity contribution in [2.45, 2.75) is 17.4 Å². The second-order valence-electron chi connectivity index (χ2n) is 3.85. The molecule has 2 nitrogen and oxygen atoms in total. The Labute approximate surface area is 106 Å². The highest BCUT2D eigenvalue weighted by Crippen LogP contribution is 2.21. The molecule has 2 aromatic rings. The molecule has 0 saturated heterocycles. The number of rotatable bonds is 4. The summed E-state index contributed by atoms with van der Waals surface area (Å²) in [6, 6.07) is 11.9. The van der Waals surface area contributed by atoms with Gasteiger partial charge in [-0.15, -0.1) is 11.8 Å². The zero-order valence-electron chi connectivity index (χ0n) is 9.71. The Balaban J connectivity index is 2.06. The van der Waals surface area contributed by atoms with Crippen molar-refractivity contribution in [1.29, 1.82) is 0 Å². The van der Waals surface area contributed by atoms with Crippen molar-refractivity contribution < 1.29 is 5.11 Å². The lowest BCUT2D eigenvalue weighted by Gasteiger charge is -2.11. The molecule has 0 saturated carbocycles. The van der Waals surface area contributed by atoms with E-state index in [1.165, 1.54) is 4.90 Å². The average molecular weight is 245 g/mol. The number of benzene rings is 1. The summed E-state index contributed by atoms with van der Waals surface area (Å²) in [5, 5.41) is 10.1. The van der Waals surface area contributed by atoms with Crippen LogP contribution in [-0.2, 0) is 6.42 Å². The molecule has 0 aliphatic heterocycles. The molecular weight excluding hydrogens is 230 g/mol. The predicted octanol–water partition coefficient (Wildman–Crippen LogP) is 3.08. The molecule has 0 bridgehead atoms. The lowest BCUT2D eigenvalue weighted by atomic mass is 10.0. The lowest BCUT2D eigenvalue weighted by Crippen LogP contribution is -2.01. The first-order valence-corrected chi connectivity index (χ1v) is 6.73. The number of thioether (sulfide) groups is 1. The fourth-order valence-electron chi connectivity index (χ4n) is 1.69. The van der Waals surface area contributed by atoms with Gasteiger partial charge in [0.2, 0.25) is 0 Å². The summed E-state index contributed by atoms with van der Waals surface area (Å²) in [5.41, 5.74) is 2.06. The predicted molar refractivity (Wildman–Crippen MR) is 71.1 cm³/mol. The van der Waals surface area contributed by atoms with Gasteiger partial charge in [0.25, 0.3) is 0 Å². The van der Waals surface area contributed by atoms with E-state index in [2.05, 4.69) is 4.98 Å². The SMILES string of the molecule is CSc1ccc(C(O)Cc2ccncc2)cc1. The molecule has 1 heterocycles. The highest BCUT2D eigenvalue weighted by atomic mass is 32.2. The molecule has 0 aliphatic carbocycles. The molecular formula is C14H15NOS. The van der Waals surface area contributed by atoms with Gasteiger partial charge in [0.05, 0.1) is 6.10 Å². The number of nitrogens with zero attached hydrogens (tertiary/aromatic N) is 1. The van der Waals surface area contributed by atoms with Gasteiger partial charge in [-0.25, -0.2) is 0 Å². The number of aliphatic hydroxyl groups excluding tert-OH is 1. The first-order chi connectivity index (χ1) is 8.29. The van der Waals surface area contributed by atoms with Crippen LogP contribution in [0.5, 0.6) is 0 Å². The first kappa shape index (κ1) is 12.1. The van der Waals surface area contributed by atoms with E-state index in [1.807, 2.05) is 42.7 Å². The molecule has 1 atom stereocenters. The van der Waals surface area contributed by atoms with Gasteiger partial charge in [-0.1, -0.05) is 12.1 Å². The van der Waals surface area contributed by atoms with Gasteiger partial charge in [-0.2, -0.15) is 0 Å². The van der Waals surface area contributed by atoms with E-state index in [0.29, 0.717) is 6.42 Å². The van der Waals surface area contributed by atoms with Crippen LogP contribution in [0.15, 0.2) is 53.7 Å². The van der Waals surface area contributed by atoms with Gasteiger partial charge in [0.15, 0.2) is 0 Å². The summed E-state index contributed by atoms with van der Waals surface area (Å²) in [5.74, 6) is 0. The van der Waals surface area contributed by atoms with Crippen LogP contribution in [0.2, 0.25) is 0 Å². The fourth-order valence-corrected chi connectivity index (χ4v) is 2.09. The highest BCUT2D eigenvalue weighted by molar-refractivity contribution is 7.98. The highest BCUT2D eigenvalue weighted by Gasteiger charge is 2.08. The monoisotopic (exact) mass is 245 g/mol. The van der Waals surface area contributed by atoms with Crippen LogP contribution < -0.4 is 0 Å². The Morgan fingerprint density at radius 1 is 1.12 bits per heavy atom. The number of hydrogen-bond donors (Lipinski definition) is 1. The molecule has 0 amide bonds. The number of hydrogen-bond acceptors (Lipinski definition) is 3. The molecule has 3 heteroatoms. The van der Waals surface area contributed by atoms with Gasteiger partial charge in [-0.05, 0) is 41.6 Å². The second-order valence-corrected chi connectivity index (χ2v) is 4.73. The molecule has 1 aromatic heterocycles. The topological polar surface area (TPSA) is 33.1 Å².